The van der Waals surface area contributed by atoms with Crippen LogP contribution in [0.15, 0.2) is 48.5 Å². The molecule has 0 spiro atoms. The topological polar surface area (TPSA) is 17.8 Å². The van der Waals surface area contributed by atoms with Gasteiger partial charge in [0.25, 0.3) is 0 Å². The van der Waals surface area contributed by atoms with E-state index >= 15 is 0 Å². The standard InChI is InChI=1S/C17H16Cl2N2/c18-12-16-20-17-14(19)9-4-10-15(17)21(16)11-5-8-13-6-2-1-3-7-13/h1-4,6-7,9-10H,5,8,11-12H2. The van der Waals surface area contributed by atoms with Gasteiger partial charge >= 0.3 is 0 Å². The van der Waals surface area contributed by atoms with Crippen LogP contribution in [0, 0.1) is 0 Å². The van der Waals surface area contributed by atoms with Crippen molar-refractivity contribution in [3.63, 3.8) is 0 Å². The van der Waals surface area contributed by atoms with E-state index in [0.717, 1.165) is 36.2 Å². The molecule has 0 radical (unpaired) electrons. The van der Waals surface area contributed by atoms with Crippen LogP contribution in [0.2, 0.25) is 5.02 Å². The first-order chi connectivity index (χ1) is 10.3. The number of hydrogen-bond acceptors (Lipinski definition) is 1. The van der Waals surface area contributed by atoms with Crippen molar-refractivity contribution in [2.45, 2.75) is 25.3 Å². The number of hydrogen-bond donors (Lipinski definition) is 0. The maximum Gasteiger partial charge on any atom is 0.124 e. The third-order valence-electron chi connectivity index (χ3n) is 3.62. The quantitative estimate of drug-likeness (QED) is 0.601. The molecule has 3 aromatic rings. The minimum absolute atomic E-state index is 0.399. The van der Waals surface area contributed by atoms with Crippen LogP contribution in [-0.4, -0.2) is 9.55 Å². The number of halogens is 2. The summed E-state index contributed by atoms with van der Waals surface area (Å²) in [6, 6.07) is 16.4. The zero-order valence-corrected chi connectivity index (χ0v) is 13.1. The molecule has 0 fully saturated rings. The lowest BCUT2D eigenvalue weighted by Crippen LogP contribution is -2.03. The van der Waals surface area contributed by atoms with Crippen LogP contribution in [0.1, 0.15) is 17.8 Å². The molecule has 108 valence electrons. The summed E-state index contributed by atoms with van der Waals surface area (Å²) in [6.45, 7) is 0.897. The molecule has 0 aliphatic rings. The van der Waals surface area contributed by atoms with Crippen LogP contribution >= 0.6 is 23.2 Å². The number of rotatable bonds is 5. The predicted molar refractivity (Wildman–Crippen MR) is 89.1 cm³/mol. The first-order valence-corrected chi connectivity index (χ1v) is 7.94. The fraction of sp³-hybridized carbons (Fsp3) is 0.235. The first-order valence-electron chi connectivity index (χ1n) is 7.03. The van der Waals surface area contributed by atoms with Gasteiger partial charge < -0.3 is 4.57 Å². The summed E-state index contributed by atoms with van der Waals surface area (Å²) in [7, 11) is 0. The molecule has 1 aromatic heterocycles. The van der Waals surface area contributed by atoms with Gasteiger partial charge in [-0.05, 0) is 30.5 Å². The van der Waals surface area contributed by atoms with Crippen LogP contribution in [0.4, 0.5) is 0 Å². The Bertz CT molecular complexity index is 735. The molecule has 2 aromatic carbocycles. The van der Waals surface area contributed by atoms with Gasteiger partial charge in [-0.25, -0.2) is 4.98 Å². The van der Waals surface area contributed by atoms with Gasteiger partial charge in [0.2, 0.25) is 0 Å². The average Bonchev–Trinajstić information content (AvgIpc) is 2.88. The Morgan fingerprint density at radius 1 is 1.00 bits per heavy atom. The van der Waals surface area contributed by atoms with E-state index in [0.29, 0.717) is 10.9 Å². The largest absolute Gasteiger partial charge is 0.327 e. The second-order valence-corrected chi connectivity index (χ2v) is 5.68. The Labute approximate surface area is 134 Å². The Morgan fingerprint density at radius 3 is 2.57 bits per heavy atom. The molecule has 2 nitrogen and oxygen atoms in total. The van der Waals surface area contributed by atoms with Gasteiger partial charge in [-0.2, -0.15) is 0 Å². The molecule has 0 aliphatic heterocycles. The smallest absolute Gasteiger partial charge is 0.124 e. The van der Waals surface area contributed by atoms with Gasteiger partial charge in [-0.1, -0.05) is 48.0 Å². The normalized spacial score (nSPS) is 11.1. The van der Waals surface area contributed by atoms with Crippen molar-refractivity contribution in [2.75, 3.05) is 0 Å². The summed E-state index contributed by atoms with van der Waals surface area (Å²) < 4.78 is 2.18. The maximum absolute atomic E-state index is 6.21. The summed E-state index contributed by atoms with van der Waals surface area (Å²) in [6.07, 6.45) is 2.09. The first kappa shape index (κ1) is 14.4. The molecule has 1 heterocycles. The van der Waals surface area contributed by atoms with E-state index in [4.69, 9.17) is 23.2 Å². The van der Waals surface area contributed by atoms with Crippen LogP contribution in [-0.2, 0) is 18.8 Å². The second kappa shape index (κ2) is 6.50. The van der Waals surface area contributed by atoms with Crippen molar-refractivity contribution in [3.8, 4) is 0 Å². The molecule has 0 unspecified atom stereocenters. The highest BCUT2D eigenvalue weighted by atomic mass is 35.5. The summed E-state index contributed by atoms with van der Waals surface area (Å²) >= 11 is 12.2. The van der Waals surface area contributed by atoms with E-state index in [-0.39, 0.29) is 0 Å². The molecule has 0 amide bonds. The van der Waals surface area contributed by atoms with E-state index in [1.165, 1.54) is 5.56 Å². The number of benzene rings is 2. The van der Waals surface area contributed by atoms with Crippen LogP contribution < -0.4 is 0 Å². The van der Waals surface area contributed by atoms with Gasteiger partial charge in [-0.3, -0.25) is 0 Å². The molecule has 4 heteroatoms. The van der Waals surface area contributed by atoms with Crippen molar-refractivity contribution in [1.29, 1.82) is 0 Å². The third kappa shape index (κ3) is 3.07. The van der Waals surface area contributed by atoms with Crippen molar-refractivity contribution in [3.05, 3.63) is 64.9 Å². The van der Waals surface area contributed by atoms with E-state index in [9.17, 15) is 0 Å². The van der Waals surface area contributed by atoms with Gasteiger partial charge in [0, 0.05) is 6.54 Å². The molecule has 0 N–H and O–H groups in total. The van der Waals surface area contributed by atoms with Crippen molar-refractivity contribution in [1.82, 2.24) is 9.55 Å². The average molecular weight is 319 g/mol. The zero-order valence-electron chi connectivity index (χ0n) is 11.6. The highest BCUT2D eigenvalue weighted by molar-refractivity contribution is 6.35. The van der Waals surface area contributed by atoms with Crippen molar-refractivity contribution in [2.24, 2.45) is 0 Å². The summed E-state index contributed by atoms with van der Waals surface area (Å²) in [5.74, 6) is 1.28. The molecule has 0 aliphatic carbocycles. The second-order valence-electron chi connectivity index (χ2n) is 5.01. The number of nitrogens with zero attached hydrogens (tertiary/aromatic N) is 2. The van der Waals surface area contributed by atoms with Gasteiger partial charge in [0.1, 0.15) is 11.3 Å². The third-order valence-corrected chi connectivity index (χ3v) is 4.16. The van der Waals surface area contributed by atoms with E-state index in [2.05, 4.69) is 33.8 Å². The molecule has 0 atom stereocenters. The summed E-state index contributed by atoms with van der Waals surface area (Å²) in [5.41, 5.74) is 3.26. The van der Waals surface area contributed by atoms with Crippen LogP contribution in [0.5, 0.6) is 0 Å². The number of para-hydroxylation sites is 1. The lowest BCUT2D eigenvalue weighted by atomic mass is 10.1. The van der Waals surface area contributed by atoms with Gasteiger partial charge in [0.15, 0.2) is 0 Å². The lowest BCUT2D eigenvalue weighted by Gasteiger charge is -2.08. The SMILES string of the molecule is ClCc1nc2c(Cl)cccc2n1CCCc1ccccc1. The van der Waals surface area contributed by atoms with Gasteiger partial charge in [0.05, 0.1) is 16.4 Å². The Balaban J connectivity index is 1.81. The lowest BCUT2D eigenvalue weighted by molar-refractivity contribution is 0.638. The molecular weight excluding hydrogens is 303 g/mol. The highest BCUT2D eigenvalue weighted by Crippen LogP contribution is 2.25. The molecule has 0 saturated carbocycles. The van der Waals surface area contributed by atoms with Crippen molar-refractivity contribution < 1.29 is 0 Å². The Hall–Kier alpha value is -1.51. The number of aromatic nitrogens is 2. The van der Waals surface area contributed by atoms with Crippen LogP contribution in [0.25, 0.3) is 11.0 Å². The zero-order chi connectivity index (χ0) is 14.7. The molecule has 0 saturated heterocycles. The Kier molecular flexibility index (Phi) is 4.47. The van der Waals surface area contributed by atoms with Gasteiger partial charge in [-0.15, -0.1) is 11.6 Å². The highest BCUT2D eigenvalue weighted by Gasteiger charge is 2.11. The molecular formula is C17H16Cl2N2. The number of fused-ring (bicyclic) bond motifs is 1. The fourth-order valence-electron chi connectivity index (χ4n) is 2.60. The fourth-order valence-corrected chi connectivity index (χ4v) is 3.01. The minimum Gasteiger partial charge on any atom is -0.327 e. The molecule has 3 rings (SSSR count). The maximum atomic E-state index is 6.21. The van der Waals surface area contributed by atoms with E-state index < -0.39 is 0 Å². The van der Waals surface area contributed by atoms with E-state index in [1.54, 1.807) is 0 Å². The van der Waals surface area contributed by atoms with Crippen LogP contribution in [0.3, 0.4) is 0 Å². The molecule has 21 heavy (non-hydrogen) atoms. The summed E-state index contributed by atoms with van der Waals surface area (Å²) in [5, 5.41) is 0.681. The number of aryl methyl sites for hydroxylation is 2. The molecule has 0 bridgehead atoms. The Morgan fingerprint density at radius 2 is 1.81 bits per heavy atom. The van der Waals surface area contributed by atoms with Crippen molar-refractivity contribution >= 4 is 34.2 Å². The predicted octanol–water partition coefficient (Wildman–Crippen LogP) is 5.06. The summed E-state index contributed by atoms with van der Waals surface area (Å²) in [4.78, 5) is 4.56. The monoisotopic (exact) mass is 318 g/mol. The van der Waals surface area contributed by atoms with E-state index in [1.807, 2.05) is 24.3 Å². The number of imidazole rings is 1. The number of alkyl halides is 1. The minimum atomic E-state index is 0.399.